The van der Waals surface area contributed by atoms with Crippen molar-refractivity contribution in [3.63, 3.8) is 0 Å². The summed E-state index contributed by atoms with van der Waals surface area (Å²) in [4.78, 5) is 15.9. The van der Waals surface area contributed by atoms with Gasteiger partial charge in [-0.05, 0) is 22.0 Å². The number of carbonyl (C=O) groups is 1. The lowest BCUT2D eigenvalue weighted by molar-refractivity contribution is -0.138. The molecule has 3 N–H and O–H groups in total. The van der Waals surface area contributed by atoms with Gasteiger partial charge in [0.05, 0.1) is 10.6 Å². The molecule has 7 heteroatoms. The highest BCUT2D eigenvalue weighted by molar-refractivity contribution is 9.10. The smallest absolute Gasteiger partial charge is 0.326 e. The second-order valence-electron chi connectivity index (χ2n) is 3.02. The first-order valence-electron chi connectivity index (χ1n) is 4.26. The highest BCUT2D eigenvalue weighted by Crippen LogP contribution is 2.32. The molecule has 0 aromatic carbocycles. The number of nitrogens with zero attached hydrogens (tertiary/aromatic N) is 1. The van der Waals surface area contributed by atoms with Crippen molar-refractivity contribution in [1.82, 2.24) is 4.98 Å². The highest BCUT2D eigenvalue weighted by Gasteiger charge is 2.18. The number of thiophene rings is 1. The normalized spacial score (nSPS) is 12.6. The van der Waals surface area contributed by atoms with E-state index in [1.165, 1.54) is 11.3 Å². The Morgan fingerprint density at radius 1 is 1.50 bits per heavy atom. The summed E-state index contributed by atoms with van der Waals surface area (Å²) in [6.45, 7) is 0. The molecule has 0 spiro atoms. The maximum Gasteiger partial charge on any atom is 0.326 e. The maximum atomic E-state index is 10.7. The molecule has 2 aromatic heterocycles. The van der Waals surface area contributed by atoms with Crippen LogP contribution >= 0.6 is 38.6 Å². The SMILES string of the molecule is NC(C(=O)O)c1csc(-c2cc(Br)cs2)n1. The Morgan fingerprint density at radius 2 is 2.25 bits per heavy atom. The first-order valence-corrected chi connectivity index (χ1v) is 6.81. The largest absolute Gasteiger partial charge is 0.480 e. The lowest BCUT2D eigenvalue weighted by Crippen LogP contribution is -2.20. The second-order valence-corrected chi connectivity index (χ2v) is 5.71. The van der Waals surface area contributed by atoms with E-state index in [1.807, 2.05) is 11.4 Å². The number of hydrogen-bond donors (Lipinski definition) is 2. The molecule has 0 radical (unpaired) electrons. The van der Waals surface area contributed by atoms with Crippen LogP contribution in [0.2, 0.25) is 0 Å². The summed E-state index contributed by atoms with van der Waals surface area (Å²) in [6, 6.07) is 0.896. The molecule has 0 aliphatic carbocycles. The predicted molar refractivity (Wildman–Crippen MR) is 67.7 cm³/mol. The average molecular weight is 319 g/mol. The minimum absolute atomic E-state index is 0.400. The zero-order valence-electron chi connectivity index (χ0n) is 7.88. The van der Waals surface area contributed by atoms with E-state index in [2.05, 4.69) is 20.9 Å². The Morgan fingerprint density at radius 3 is 2.81 bits per heavy atom. The number of carboxylic acids is 1. The lowest BCUT2D eigenvalue weighted by Gasteiger charge is -2.00. The first-order chi connectivity index (χ1) is 7.58. The quantitative estimate of drug-likeness (QED) is 0.912. The molecular formula is C9H7BrN2O2S2. The minimum atomic E-state index is -1.07. The van der Waals surface area contributed by atoms with E-state index < -0.39 is 12.0 Å². The summed E-state index contributed by atoms with van der Waals surface area (Å²) in [7, 11) is 0. The number of nitrogens with two attached hydrogens (primary N) is 1. The van der Waals surface area contributed by atoms with Crippen molar-refractivity contribution >= 4 is 44.6 Å². The van der Waals surface area contributed by atoms with E-state index in [1.54, 1.807) is 16.7 Å². The molecule has 0 saturated heterocycles. The van der Waals surface area contributed by atoms with Crippen molar-refractivity contribution in [1.29, 1.82) is 0 Å². The van der Waals surface area contributed by atoms with E-state index in [0.29, 0.717) is 5.69 Å². The average Bonchev–Trinajstić information content (AvgIpc) is 2.84. The fourth-order valence-electron chi connectivity index (χ4n) is 1.09. The van der Waals surface area contributed by atoms with Gasteiger partial charge >= 0.3 is 5.97 Å². The number of halogens is 1. The van der Waals surface area contributed by atoms with Gasteiger partial charge in [-0.2, -0.15) is 0 Å². The van der Waals surface area contributed by atoms with Gasteiger partial charge < -0.3 is 10.8 Å². The molecule has 0 fully saturated rings. The topological polar surface area (TPSA) is 76.2 Å². The number of aromatic nitrogens is 1. The third-order valence-electron chi connectivity index (χ3n) is 1.88. The molecule has 0 bridgehead atoms. The van der Waals surface area contributed by atoms with Gasteiger partial charge in [-0.1, -0.05) is 0 Å². The van der Waals surface area contributed by atoms with Crippen LogP contribution < -0.4 is 5.73 Å². The van der Waals surface area contributed by atoms with Crippen molar-refractivity contribution in [3.05, 3.63) is 27.0 Å². The number of aliphatic carboxylic acids is 1. The summed E-state index contributed by atoms with van der Waals surface area (Å²) >= 11 is 6.30. The first kappa shape index (κ1) is 11.7. The van der Waals surface area contributed by atoms with Crippen LogP contribution in [0.5, 0.6) is 0 Å². The fourth-order valence-corrected chi connectivity index (χ4v) is 3.46. The van der Waals surface area contributed by atoms with E-state index in [9.17, 15) is 4.79 Å². The van der Waals surface area contributed by atoms with E-state index in [4.69, 9.17) is 10.8 Å². The molecule has 4 nitrogen and oxygen atoms in total. The van der Waals surface area contributed by atoms with Gasteiger partial charge in [0.1, 0.15) is 11.0 Å². The van der Waals surface area contributed by atoms with Gasteiger partial charge in [-0.25, -0.2) is 4.98 Å². The van der Waals surface area contributed by atoms with Crippen molar-refractivity contribution in [3.8, 4) is 9.88 Å². The van der Waals surface area contributed by atoms with Crippen LogP contribution in [-0.4, -0.2) is 16.1 Å². The zero-order chi connectivity index (χ0) is 11.7. The van der Waals surface area contributed by atoms with Gasteiger partial charge in [-0.15, -0.1) is 22.7 Å². The third-order valence-corrected chi connectivity index (χ3v) is 4.61. The van der Waals surface area contributed by atoms with Crippen molar-refractivity contribution in [2.75, 3.05) is 0 Å². The van der Waals surface area contributed by atoms with Crippen LogP contribution in [0.1, 0.15) is 11.7 Å². The molecule has 2 aromatic rings. The molecule has 0 aliphatic rings. The second kappa shape index (κ2) is 4.62. The van der Waals surface area contributed by atoms with Crippen LogP contribution in [0.15, 0.2) is 21.3 Å². The van der Waals surface area contributed by atoms with Gasteiger partial charge in [-0.3, -0.25) is 4.79 Å². The highest BCUT2D eigenvalue weighted by atomic mass is 79.9. The third kappa shape index (κ3) is 2.32. The van der Waals surface area contributed by atoms with Crippen LogP contribution in [0.4, 0.5) is 0 Å². The molecule has 84 valence electrons. The van der Waals surface area contributed by atoms with E-state index >= 15 is 0 Å². The van der Waals surface area contributed by atoms with Crippen LogP contribution in [0.25, 0.3) is 9.88 Å². The Hall–Kier alpha value is -0.760. The summed E-state index contributed by atoms with van der Waals surface area (Å²) in [5, 5.41) is 13.2. The Kier molecular flexibility index (Phi) is 3.38. The van der Waals surface area contributed by atoms with Crippen LogP contribution in [-0.2, 0) is 4.79 Å². The van der Waals surface area contributed by atoms with Crippen molar-refractivity contribution < 1.29 is 9.90 Å². The monoisotopic (exact) mass is 318 g/mol. The van der Waals surface area contributed by atoms with Gasteiger partial charge in [0.15, 0.2) is 0 Å². The molecular weight excluding hydrogens is 312 g/mol. The molecule has 2 rings (SSSR count). The van der Waals surface area contributed by atoms with Crippen LogP contribution in [0, 0.1) is 0 Å². The summed E-state index contributed by atoms with van der Waals surface area (Å²) in [5.41, 5.74) is 5.87. The molecule has 0 saturated carbocycles. The Bertz CT molecular complexity index is 523. The van der Waals surface area contributed by atoms with E-state index in [-0.39, 0.29) is 0 Å². The minimum Gasteiger partial charge on any atom is -0.480 e. The lowest BCUT2D eigenvalue weighted by atomic mass is 10.2. The molecule has 0 amide bonds. The van der Waals surface area contributed by atoms with Gasteiger partial charge in [0, 0.05) is 15.2 Å². The van der Waals surface area contributed by atoms with Gasteiger partial charge in [0.2, 0.25) is 0 Å². The number of rotatable bonds is 3. The summed E-state index contributed by atoms with van der Waals surface area (Å²) < 4.78 is 0.992. The molecule has 1 unspecified atom stereocenters. The number of thiazole rings is 1. The molecule has 2 heterocycles. The van der Waals surface area contributed by atoms with Gasteiger partial charge in [0.25, 0.3) is 0 Å². The Balaban J connectivity index is 2.29. The molecule has 16 heavy (non-hydrogen) atoms. The zero-order valence-corrected chi connectivity index (χ0v) is 11.1. The fraction of sp³-hybridized carbons (Fsp3) is 0.111. The molecule has 1 atom stereocenters. The van der Waals surface area contributed by atoms with Crippen LogP contribution in [0.3, 0.4) is 0 Å². The number of hydrogen-bond acceptors (Lipinski definition) is 5. The predicted octanol–water partition coefficient (Wildman–Crippen LogP) is 2.72. The van der Waals surface area contributed by atoms with Crippen molar-refractivity contribution in [2.45, 2.75) is 6.04 Å². The van der Waals surface area contributed by atoms with Crippen molar-refractivity contribution in [2.24, 2.45) is 5.73 Å². The van der Waals surface area contributed by atoms with E-state index in [0.717, 1.165) is 14.4 Å². The summed E-state index contributed by atoms with van der Waals surface area (Å²) in [6.07, 6.45) is 0. The maximum absolute atomic E-state index is 10.7. The Labute approximate surface area is 108 Å². The standard InChI is InChI=1S/C9H7BrN2O2S2/c10-4-1-6(15-2-4)8-12-5(3-16-8)7(11)9(13)14/h1-3,7H,11H2,(H,13,14). The molecule has 0 aliphatic heterocycles. The number of carboxylic acid groups (broad SMARTS) is 1. The summed E-state index contributed by atoms with van der Waals surface area (Å²) in [5.74, 6) is -1.07.